The number of halogens is 1. The summed E-state index contributed by atoms with van der Waals surface area (Å²) in [4.78, 5) is 16.6. The maximum atomic E-state index is 12.4. The Morgan fingerprint density at radius 3 is 2.67 bits per heavy atom. The number of benzene rings is 1. The van der Waals surface area contributed by atoms with Gasteiger partial charge in [-0.25, -0.2) is 4.98 Å². The van der Waals surface area contributed by atoms with Crippen LogP contribution in [0.1, 0.15) is 33.9 Å². The minimum atomic E-state index is -0.161. The molecule has 1 aliphatic rings. The molecular weight excluding hydrogens is 346 g/mol. The number of ether oxygens (including phenoxy) is 1. The van der Waals surface area contributed by atoms with Gasteiger partial charge in [-0.05, 0) is 30.5 Å². The van der Waals surface area contributed by atoms with Gasteiger partial charge in [0.2, 0.25) is 0 Å². The third-order valence-corrected chi connectivity index (χ3v) is 5.58. The second kappa shape index (κ2) is 7.61. The lowest BCUT2D eigenvalue weighted by Crippen LogP contribution is -2.44. The van der Waals surface area contributed by atoms with Crippen LogP contribution in [0.5, 0.6) is 0 Å². The molecule has 1 aliphatic heterocycles. The van der Waals surface area contributed by atoms with E-state index in [2.05, 4.69) is 10.3 Å². The van der Waals surface area contributed by atoms with E-state index in [1.807, 2.05) is 24.3 Å². The first-order valence-electron chi connectivity index (χ1n) is 7.89. The molecule has 0 atom stereocenters. The molecule has 7 heteroatoms. The van der Waals surface area contributed by atoms with Gasteiger partial charge in [-0.2, -0.15) is 0 Å². The standard InChI is InChI=1S/C17H20ClN3O2S/c18-13-3-1-12(2-4-13)17(5-7-23-8-6-17)11-20-16(22)14-10-24-15(9-19)21-14/h1-4,10H,5-9,11,19H2,(H,20,22). The monoisotopic (exact) mass is 365 g/mol. The highest BCUT2D eigenvalue weighted by Crippen LogP contribution is 2.35. The highest BCUT2D eigenvalue weighted by atomic mass is 35.5. The third kappa shape index (κ3) is 3.78. The van der Waals surface area contributed by atoms with Crippen molar-refractivity contribution in [2.45, 2.75) is 24.8 Å². The molecule has 5 nitrogen and oxygen atoms in total. The van der Waals surface area contributed by atoms with Crippen LogP contribution < -0.4 is 11.1 Å². The van der Waals surface area contributed by atoms with Crippen LogP contribution in [0.2, 0.25) is 5.02 Å². The Morgan fingerprint density at radius 2 is 2.04 bits per heavy atom. The fraction of sp³-hybridized carbons (Fsp3) is 0.412. The van der Waals surface area contributed by atoms with Gasteiger partial charge in [-0.3, -0.25) is 4.79 Å². The SMILES string of the molecule is NCc1nc(C(=O)NCC2(c3ccc(Cl)cc3)CCOCC2)cs1. The molecule has 24 heavy (non-hydrogen) atoms. The predicted octanol–water partition coefficient (Wildman–Crippen LogP) is 2.73. The van der Waals surface area contributed by atoms with Gasteiger partial charge >= 0.3 is 0 Å². The van der Waals surface area contributed by atoms with Crippen molar-refractivity contribution in [3.63, 3.8) is 0 Å². The lowest BCUT2D eigenvalue weighted by Gasteiger charge is -2.38. The van der Waals surface area contributed by atoms with E-state index in [0.29, 0.717) is 37.0 Å². The molecule has 0 saturated carbocycles. The number of carbonyl (C=O) groups is 1. The number of thiazole rings is 1. The van der Waals surface area contributed by atoms with Gasteiger partial charge in [0.15, 0.2) is 0 Å². The van der Waals surface area contributed by atoms with Crippen molar-refractivity contribution in [3.05, 3.63) is 50.9 Å². The number of nitrogens with one attached hydrogen (secondary N) is 1. The van der Waals surface area contributed by atoms with Gasteiger partial charge in [-0.1, -0.05) is 23.7 Å². The van der Waals surface area contributed by atoms with E-state index in [0.717, 1.165) is 17.8 Å². The average Bonchev–Trinajstić information content (AvgIpc) is 3.10. The molecule has 1 fully saturated rings. The zero-order chi connectivity index (χ0) is 17.0. The smallest absolute Gasteiger partial charge is 0.270 e. The Hall–Kier alpha value is -1.47. The van der Waals surface area contributed by atoms with Crippen LogP contribution in [0.4, 0.5) is 0 Å². The predicted molar refractivity (Wildman–Crippen MR) is 95.5 cm³/mol. The molecule has 0 unspecified atom stereocenters. The number of carbonyl (C=O) groups excluding carboxylic acids is 1. The quantitative estimate of drug-likeness (QED) is 0.854. The van der Waals surface area contributed by atoms with Gasteiger partial charge in [0.1, 0.15) is 10.7 Å². The summed E-state index contributed by atoms with van der Waals surface area (Å²) < 4.78 is 5.52. The maximum absolute atomic E-state index is 12.4. The summed E-state index contributed by atoms with van der Waals surface area (Å²) in [6.45, 7) is 2.27. The van der Waals surface area contributed by atoms with Crippen molar-refractivity contribution in [2.24, 2.45) is 5.73 Å². The Bertz CT molecular complexity index is 696. The van der Waals surface area contributed by atoms with Crippen molar-refractivity contribution in [2.75, 3.05) is 19.8 Å². The summed E-state index contributed by atoms with van der Waals surface area (Å²) in [7, 11) is 0. The van der Waals surface area contributed by atoms with Gasteiger partial charge in [0.25, 0.3) is 5.91 Å². The van der Waals surface area contributed by atoms with Crippen molar-refractivity contribution in [3.8, 4) is 0 Å². The van der Waals surface area contributed by atoms with E-state index >= 15 is 0 Å². The van der Waals surface area contributed by atoms with Crippen molar-refractivity contribution >= 4 is 28.8 Å². The first kappa shape index (κ1) is 17.4. The van der Waals surface area contributed by atoms with Crippen LogP contribution in [0, 0.1) is 0 Å². The van der Waals surface area contributed by atoms with Crippen LogP contribution in [0.15, 0.2) is 29.6 Å². The molecule has 128 valence electrons. The van der Waals surface area contributed by atoms with E-state index in [9.17, 15) is 4.79 Å². The number of nitrogens with zero attached hydrogens (tertiary/aromatic N) is 1. The highest BCUT2D eigenvalue weighted by molar-refractivity contribution is 7.09. The van der Waals surface area contributed by atoms with Crippen LogP contribution in [-0.2, 0) is 16.7 Å². The summed E-state index contributed by atoms with van der Waals surface area (Å²) in [5.74, 6) is -0.161. The number of rotatable bonds is 5. The molecule has 0 spiro atoms. The van der Waals surface area contributed by atoms with Gasteiger partial charge in [0.05, 0.1) is 0 Å². The molecule has 1 aromatic carbocycles. The lowest BCUT2D eigenvalue weighted by molar-refractivity contribution is 0.0487. The molecule has 1 saturated heterocycles. The second-order valence-electron chi connectivity index (χ2n) is 5.91. The van der Waals surface area contributed by atoms with Gasteiger partial charge in [-0.15, -0.1) is 11.3 Å². The van der Waals surface area contributed by atoms with Crippen LogP contribution in [-0.4, -0.2) is 30.6 Å². The topological polar surface area (TPSA) is 77.2 Å². The zero-order valence-corrected chi connectivity index (χ0v) is 14.8. The molecule has 0 aliphatic carbocycles. The number of hydrogen-bond acceptors (Lipinski definition) is 5. The molecule has 1 amide bonds. The molecule has 0 bridgehead atoms. The van der Waals surface area contributed by atoms with Crippen molar-refractivity contribution in [1.29, 1.82) is 0 Å². The Morgan fingerprint density at radius 1 is 1.33 bits per heavy atom. The van der Waals surface area contributed by atoms with Crippen molar-refractivity contribution < 1.29 is 9.53 Å². The number of hydrogen-bond donors (Lipinski definition) is 2. The van der Waals surface area contributed by atoms with E-state index in [1.165, 1.54) is 16.9 Å². The van der Waals surface area contributed by atoms with E-state index < -0.39 is 0 Å². The molecule has 2 aromatic rings. The Labute approximate surface area is 150 Å². The minimum Gasteiger partial charge on any atom is -0.381 e. The van der Waals surface area contributed by atoms with Gasteiger partial charge in [0, 0.05) is 42.1 Å². The van der Waals surface area contributed by atoms with E-state index in [4.69, 9.17) is 22.1 Å². The molecule has 3 N–H and O–H groups in total. The molecule has 3 rings (SSSR count). The maximum Gasteiger partial charge on any atom is 0.270 e. The lowest BCUT2D eigenvalue weighted by atomic mass is 9.74. The third-order valence-electron chi connectivity index (χ3n) is 4.45. The average molecular weight is 366 g/mol. The van der Waals surface area contributed by atoms with Crippen LogP contribution in [0.25, 0.3) is 0 Å². The second-order valence-corrected chi connectivity index (χ2v) is 7.29. The highest BCUT2D eigenvalue weighted by Gasteiger charge is 2.35. The number of nitrogens with two attached hydrogens (primary N) is 1. The molecule has 1 aromatic heterocycles. The van der Waals surface area contributed by atoms with Crippen LogP contribution in [0.3, 0.4) is 0 Å². The molecule has 2 heterocycles. The summed E-state index contributed by atoms with van der Waals surface area (Å²) in [6.07, 6.45) is 1.72. The summed E-state index contributed by atoms with van der Waals surface area (Å²) in [5, 5.41) is 6.26. The first-order valence-corrected chi connectivity index (χ1v) is 9.15. The minimum absolute atomic E-state index is 0.134. The summed E-state index contributed by atoms with van der Waals surface area (Å²) in [5.41, 5.74) is 7.03. The molecular formula is C17H20ClN3O2S. The summed E-state index contributed by atoms with van der Waals surface area (Å²) >= 11 is 7.41. The fourth-order valence-corrected chi connectivity index (χ4v) is 3.76. The first-order chi connectivity index (χ1) is 11.6. The molecule has 0 radical (unpaired) electrons. The number of aromatic nitrogens is 1. The fourth-order valence-electron chi connectivity index (χ4n) is 2.98. The Balaban J connectivity index is 1.75. The van der Waals surface area contributed by atoms with E-state index in [1.54, 1.807) is 5.38 Å². The van der Waals surface area contributed by atoms with Gasteiger partial charge < -0.3 is 15.8 Å². The largest absolute Gasteiger partial charge is 0.381 e. The van der Waals surface area contributed by atoms with Crippen LogP contribution >= 0.6 is 22.9 Å². The normalized spacial score (nSPS) is 16.8. The summed E-state index contributed by atoms with van der Waals surface area (Å²) in [6, 6.07) is 7.86. The number of amides is 1. The van der Waals surface area contributed by atoms with E-state index in [-0.39, 0.29) is 11.3 Å². The van der Waals surface area contributed by atoms with Crippen molar-refractivity contribution in [1.82, 2.24) is 10.3 Å². The zero-order valence-electron chi connectivity index (χ0n) is 13.3. The Kier molecular flexibility index (Phi) is 5.50.